The third-order valence-electron chi connectivity index (χ3n) is 2.38. The standard InChI is InChI=1S/C11H11NO2/c1-12-9(7-11(13)14)6-8-4-2-3-5-10(8)12/h2-6H,7H2,1H3,(H,13,14). The zero-order chi connectivity index (χ0) is 10.1. The molecule has 2 rings (SSSR count). The number of aryl methyl sites for hydroxylation is 1. The Labute approximate surface area is 81.6 Å². The van der Waals surface area contributed by atoms with Crippen LogP contribution >= 0.6 is 0 Å². The van der Waals surface area contributed by atoms with Gasteiger partial charge in [-0.2, -0.15) is 0 Å². The molecule has 1 N–H and O–H groups in total. The maximum Gasteiger partial charge on any atom is 0.309 e. The maximum absolute atomic E-state index is 10.6. The zero-order valence-electron chi connectivity index (χ0n) is 7.90. The van der Waals surface area contributed by atoms with E-state index in [9.17, 15) is 4.79 Å². The fourth-order valence-electron chi connectivity index (χ4n) is 1.67. The molecule has 1 aromatic heterocycles. The maximum atomic E-state index is 10.6. The molecule has 0 unspecified atom stereocenters. The van der Waals surface area contributed by atoms with Gasteiger partial charge in [-0.05, 0) is 17.5 Å². The highest BCUT2D eigenvalue weighted by atomic mass is 16.4. The average molecular weight is 189 g/mol. The molecule has 72 valence electrons. The summed E-state index contributed by atoms with van der Waals surface area (Å²) in [5, 5.41) is 9.79. The van der Waals surface area contributed by atoms with Crippen LogP contribution in [0.25, 0.3) is 10.9 Å². The quantitative estimate of drug-likeness (QED) is 0.782. The number of rotatable bonds is 2. The minimum atomic E-state index is -0.795. The van der Waals surface area contributed by atoms with E-state index in [1.165, 1.54) is 0 Å². The summed E-state index contributed by atoms with van der Waals surface area (Å²) in [5.41, 5.74) is 1.91. The molecular formula is C11H11NO2. The number of carbonyl (C=O) groups is 1. The first-order valence-corrected chi connectivity index (χ1v) is 4.43. The summed E-state index contributed by atoms with van der Waals surface area (Å²) in [6, 6.07) is 9.80. The van der Waals surface area contributed by atoms with Crippen LogP contribution in [0.4, 0.5) is 0 Å². The number of carboxylic acid groups (broad SMARTS) is 1. The molecule has 3 nitrogen and oxygen atoms in total. The van der Waals surface area contributed by atoms with Crippen LogP contribution < -0.4 is 0 Å². The Balaban J connectivity index is 2.57. The SMILES string of the molecule is Cn1c(CC(=O)O)cc2ccccc21. The average Bonchev–Trinajstić information content (AvgIpc) is 2.44. The molecule has 0 atom stereocenters. The van der Waals surface area contributed by atoms with Crippen LogP contribution in [-0.2, 0) is 18.3 Å². The normalized spacial score (nSPS) is 10.6. The molecule has 14 heavy (non-hydrogen) atoms. The summed E-state index contributed by atoms with van der Waals surface area (Å²) in [6.45, 7) is 0. The van der Waals surface area contributed by atoms with Crippen molar-refractivity contribution >= 4 is 16.9 Å². The highest BCUT2D eigenvalue weighted by molar-refractivity contribution is 5.83. The Morgan fingerprint density at radius 1 is 1.43 bits per heavy atom. The summed E-state index contributed by atoms with van der Waals surface area (Å²) in [6.07, 6.45) is 0.0746. The van der Waals surface area contributed by atoms with Crippen molar-refractivity contribution in [3.05, 3.63) is 36.0 Å². The lowest BCUT2D eigenvalue weighted by atomic mass is 10.2. The Hall–Kier alpha value is -1.77. The van der Waals surface area contributed by atoms with E-state index in [-0.39, 0.29) is 6.42 Å². The molecule has 0 amide bonds. The molecule has 0 bridgehead atoms. The molecular weight excluding hydrogens is 178 g/mol. The molecule has 1 heterocycles. The molecule has 0 aliphatic carbocycles. The molecule has 0 aliphatic rings. The van der Waals surface area contributed by atoms with E-state index >= 15 is 0 Å². The second-order valence-electron chi connectivity index (χ2n) is 3.32. The number of hydrogen-bond acceptors (Lipinski definition) is 1. The Bertz CT molecular complexity index is 485. The van der Waals surface area contributed by atoms with Gasteiger partial charge in [0, 0.05) is 18.3 Å². The van der Waals surface area contributed by atoms with Crippen molar-refractivity contribution in [3.8, 4) is 0 Å². The van der Waals surface area contributed by atoms with Crippen LogP contribution in [0.1, 0.15) is 5.69 Å². The van der Waals surface area contributed by atoms with Crippen LogP contribution in [0.15, 0.2) is 30.3 Å². The largest absolute Gasteiger partial charge is 0.481 e. The smallest absolute Gasteiger partial charge is 0.309 e. The van der Waals surface area contributed by atoms with Gasteiger partial charge in [0.2, 0.25) is 0 Å². The van der Waals surface area contributed by atoms with E-state index in [2.05, 4.69) is 0 Å². The number of para-hydroxylation sites is 1. The third kappa shape index (κ3) is 1.37. The van der Waals surface area contributed by atoms with Gasteiger partial charge in [0.25, 0.3) is 0 Å². The van der Waals surface area contributed by atoms with E-state index in [1.807, 2.05) is 41.9 Å². The van der Waals surface area contributed by atoms with Crippen molar-refractivity contribution in [2.75, 3.05) is 0 Å². The first-order valence-electron chi connectivity index (χ1n) is 4.43. The predicted molar refractivity (Wildman–Crippen MR) is 54.3 cm³/mol. The van der Waals surface area contributed by atoms with Gasteiger partial charge >= 0.3 is 5.97 Å². The Kier molecular flexibility index (Phi) is 2.00. The highest BCUT2D eigenvalue weighted by Crippen LogP contribution is 2.18. The van der Waals surface area contributed by atoms with Crippen molar-refractivity contribution in [1.82, 2.24) is 4.57 Å². The zero-order valence-corrected chi connectivity index (χ0v) is 7.90. The molecule has 0 saturated heterocycles. The molecule has 0 fully saturated rings. The van der Waals surface area contributed by atoms with Gasteiger partial charge in [-0.25, -0.2) is 0 Å². The lowest BCUT2D eigenvalue weighted by molar-refractivity contribution is -0.136. The predicted octanol–water partition coefficient (Wildman–Crippen LogP) is 1.81. The number of aromatic nitrogens is 1. The number of benzene rings is 1. The van der Waals surface area contributed by atoms with Crippen molar-refractivity contribution in [2.45, 2.75) is 6.42 Å². The van der Waals surface area contributed by atoms with Gasteiger partial charge < -0.3 is 9.67 Å². The lowest BCUT2D eigenvalue weighted by Crippen LogP contribution is -2.04. The van der Waals surface area contributed by atoms with Crippen molar-refractivity contribution in [3.63, 3.8) is 0 Å². The first kappa shape index (κ1) is 8.81. The number of hydrogen-bond donors (Lipinski definition) is 1. The molecule has 3 heteroatoms. The van der Waals surface area contributed by atoms with Gasteiger partial charge in [-0.15, -0.1) is 0 Å². The summed E-state index contributed by atoms with van der Waals surface area (Å²) in [4.78, 5) is 10.6. The van der Waals surface area contributed by atoms with Crippen LogP contribution in [0.2, 0.25) is 0 Å². The molecule has 0 aliphatic heterocycles. The summed E-state index contributed by atoms with van der Waals surface area (Å²) >= 11 is 0. The van der Waals surface area contributed by atoms with E-state index in [0.717, 1.165) is 16.6 Å². The van der Waals surface area contributed by atoms with Gasteiger partial charge in [-0.3, -0.25) is 4.79 Å². The first-order chi connectivity index (χ1) is 6.68. The number of carboxylic acids is 1. The van der Waals surface area contributed by atoms with Crippen LogP contribution in [0.5, 0.6) is 0 Å². The van der Waals surface area contributed by atoms with E-state index in [1.54, 1.807) is 0 Å². The summed E-state index contributed by atoms with van der Waals surface area (Å²) in [5.74, 6) is -0.795. The summed E-state index contributed by atoms with van der Waals surface area (Å²) < 4.78 is 1.92. The molecule has 0 radical (unpaired) electrons. The second kappa shape index (κ2) is 3.18. The van der Waals surface area contributed by atoms with E-state index in [4.69, 9.17) is 5.11 Å². The third-order valence-corrected chi connectivity index (χ3v) is 2.38. The van der Waals surface area contributed by atoms with Crippen LogP contribution in [-0.4, -0.2) is 15.6 Å². The number of nitrogens with zero attached hydrogens (tertiary/aromatic N) is 1. The van der Waals surface area contributed by atoms with Crippen LogP contribution in [0.3, 0.4) is 0 Å². The Morgan fingerprint density at radius 2 is 2.14 bits per heavy atom. The number of fused-ring (bicyclic) bond motifs is 1. The van der Waals surface area contributed by atoms with Gasteiger partial charge in [0.1, 0.15) is 0 Å². The molecule has 2 aromatic rings. The summed E-state index contributed by atoms with van der Waals surface area (Å²) in [7, 11) is 1.89. The van der Waals surface area contributed by atoms with Gasteiger partial charge in [-0.1, -0.05) is 18.2 Å². The second-order valence-corrected chi connectivity index (χ2v) is 3.32. The van der Waals surface area contributed by atoms with E-state index in [0.29, 0.717) is 0 Å². The lowest BCUT2D eigenvalue weighted by Gasteiger charge is -2.00. The monoisotopic (exact) mass is 189 g/mol. The van der Waals surface area contributed by atoms with Crippen LogP contribution in [0, 0.1) is 0 Å². The molecule has 0 saturated carbocycles. The Morgan fingerprint density at radius 3 is 2.79 bits per heavy atom. The van der Waals surface area contributed by atoms with Gasteiger partial charge in [0.15, 0.2) is 0 Å². The molecule has 0 spiro atoms. The molecule has 1 aromatic carbocycles. The fraction of sp³-hybridized carbons (Fsp3) is 0.182. The van der Waals surface area contributed by atoms with Crippen molar-refractivity contribution in [2.24, 2.45) is 7.05 Å². The topological polar surface area (TPSA) is 42.2 Å². The van der Waals surface area contributed by atoms with Crippen molar-refractivity contribution in [1.29, 1.82) is 0 Å². The van der Waals surface area contributed by atoms with E-state index < -0.39 is 5.97 Å². The minimum absolute atomic E-state index is 0.0746. The van der Waals surface area contributed by atoms with Gasteiger partial charge in [0.05, 0.1) is 6.42 Å². The highest BCUT2D eigenvalue weighted by Gasteiger charge is 2.07. The van der Waals surface area contributed by atoms with Crippen molar-refractivity contribution < 1.29 is 9.90 Å². The minimum Gasteiger partial charge on any atom is -0.481 e. The number of aliphatic carboxylic acids is 1. The fourth-order valence-corrected chi connectivity index (χ4v) is 1.67.